The molecule has 0 bridgehead atoms. The topological polar surface area (TPSA) is 29.5 Å². The first-order valence-electron chi connectivity index (χ1n) is 10.6. The number of hydrogen-bond acceptors (Lipinski definition) is 2. The van der Waals surface area contributed by atoms with E-state index >= 15 is 0 Å². The number of phenols is 1. The highest BCUT2D eigenvalue weighted by atomic mass is 16.5. The number of phenolic OH excluding ortho intramolecular Hbond substituents is 1. The number of ether oxygens (including phenoxy) is 1. The summed E-state index contributed by atoms with van der Waals surface area (Å²) < 4.78 is 6.68. The van der Waals surface area contributed by atoms with Crippen molar-refractivity contribution < 1.29 is 9.84 Å². The lowest BCUT2D eigenvalue weighted by atomic mass is 9.55. The molecule has 136 valence electrons. The molecule has 5 atom stereocenters. The first-order chi connectivity index (χ1) is 12.1. The molecule has 5 rings (SSSR count). The number of fused-ring (bicyclic) bond motifs is 5. The third-order valence-corrected chi connectivity index (χ3v) is 8.28. The van der Waals surface area contributed by atoms with E-state index < -0.39 is 0 Å². The van der Waals surface area contributed by atoms with Gasteiger partial charge in [-0.1, -0.05) is 25.8 Å². The molecule has 25 heavy (non-hydrogen) atoms. The first-order valence-corrected chi connectivity index (χ1v) is 10.6. The van der Waals surface area contributed by atoms with Gasteiger partial charge in [0.15, 0.2) is 0 Å². The normalized spacial score (nSPS) is 40.5. The van der Waals surface area contributed by atoms with E-state index in [1.165, 1.54) is 68.9 Å². The Hall–Kier alpha value is -1.02. The van der Waals surface area contributed by atoms with Crippen LogP contribution in [0.15, 0.2) is 18.2 Å². The fraction of sp³-hybridized carbons (Fsp3) is 0.739. The predicted molar refractivity (Wildman–Crippen MR) is 99.9 cm³/mol. The number of benzene rings is 1. The van der Waals surface area contributed by atoms with Gasteiger partial charge in [-0.05, 0) is 97.8 Å². The van der Waals surface area contributed by atoms with Crippen LogP contribution in [0.2, 0.25) is 0 Å². The number of aryl methyl sites for hydroxylation is 1. The van der Waals surface area contributed by atoms with Crippen LogP contribution in [0.1, 0.15) is 81.8 Å². The summed E-state index contributed by atoms with van der Waals surface area (Å²) in [6, 6.07) is 6.13. The molecule has 1 unspecified atom stereocenters. The minimum Gasteiger partial charge on any atom is -0.508 e. The zero-order valence-electron chi connectivity index (χ0n) is 15.5. The van der Waals surface area contributed by atoms with E-state index in [-0.39, 0.29) is 0 Å². The maximum atomic E-state index is 9.83. The van der Waals surface area contributed by atoms with Crippen LogP contribution >= 0.6 is 0 Å². The molecule has 1 aromatic rings. The van der Waals surface area contributed by atoms with Gasteiger partial charge in [0.05, 0.1) is 12.2 Å². The Kier molecular flexibility index (Phi) is 3.89. The zero-order valence-corrected chi connectivity index (χ0v) is 15.5. The van der Waals surface area contributed by atoms with E-state index in [0.29, 0.717) is 29.3 Å². The Morgan fingerprint density at radius 2 is 1.88 bits per heavy atom. The highest BCUT2D eigenvalue weighted by Gasteiger charge is 2.55. The zero-order chi connectivity index (χ0) is 17.0. The second-order valence-electron chi connectivity index (χ2n) is 9.45. The molecular weight excluding hydrogens is 308 g/mol. The highest BCUT2D eigenvalue weighted by molar-refractivity contribution is 5.40. The number of hydrogen-bond donors (Lipinski definition) is 1. The van der Waals surface area contributed by atoms with E-state index in [4.69, 9.17) is 4.74 Å². The van der Waals surface area contributed by atoms with Gasteiger partial charge in [-0.15, -0.1) is 0 Å². The molecule has 3 fully saturated rings. The summed E-state index contributed by atoms with van der Waals surface area (Å²) in [7, 11) is 0. The summed E-state index contributed by atoms with van der Waals surface area (Å²) in [6.45, 7) is 2.55. The summed E-state index contributed by atoms with van der Waals surface area (Å²) in [5, 5.41) is 9.83. The van der Waals surface area contributed by atoms with Gasteiger partial charge in [-0.25, -0.2) is 0 Å². The van der Waals surface area contributed by atoms with Gasteiger partial charge < -0.3 is 9.84 Å². The molecule has 0 radical (unpaired) electrons. The molecule has 4 aliphatic rings. The van der Waals surface area contributed by atoms with Gasteiger partial charge in [0.2, 0.25) is 0 Å². The number of rotatable bonds is 2. The molecule has 2 heteroatoms. The van der Waals surface area contributed by atoms with Crippen LogP contribution < -0.4 is 0 Å². The maximum Gasteiger partial charge on any atom is 0.115 e. The van der Waals surface area contributed by atoms with Crippen LogP contribution in [0.3, 0.4) is 0 Å². The first kappa shape index (κ1) is 16.2. The lowest BCUT2D eigenvalue weighted by Gasteiger charge is -2.51. The molecular formula is C23H32O2. The van der Waals surface area contributed by atoms with Crippen molar-refractivity contribution in [3.05, 3.63) is 29.3 Å². The third kappa shape index (κ3) is 2.55. The summed E-state index contributed by atoms with van der Waals surface area (Å²) >= 11 is 0. The smallest absolute Gasteiger partial charge is 0.115 e. The van der Waals surface area contributed by atoms with E-state index in [9.17, 15) is 5.11 Å². The highest BCUT2D eigenvalue weighted by Crippen LogP contribution is 2.61. The summed E-state index contributed by atoms with van der Waals surface area (Å²) in [5.41, 5.74) is 3.34. The Morgan fingerprint density at radius 3 is 2.72 bits per heavy atom. The summed E-state index contributed by atoms with van der Waals surface area (Å²) in [6.07, 6.45) is 14.1. The monoisotopic (exact) mass is 340 g/mol. The molecule has 0 aliphatic heterocycles. The van der Waals surface area contributed by atoms with E-state index in [2.05, 4.69) is 13.0 Å². The van der Waals surface area contributed by atoms with Crippen molar-refractivity contribution in [1.29, 1.82) is 0 Å². The van der Waals surface area contributed by atoms with Gasteiger partial charge in [0.1, 0.15) is 5.75 Å². The van der Waals surface area contributed by atoms with Crippen LogP contribution in [0.25, 0.3) is 0 Å². The van der Waals surface area contributed by atoms with Crippen molar-refractivity contribution in [3.63, 3.8) is 0 Å². The minimum absolute atomic E-state index is 0.401. The average molecular weight is 341 g/mol. The van der Waals surface area contributed by atoms with E-state index in [0.717, 1.165) is 18.3 Å². The third-order valence-electron chi connectivity index (χ3n) is 8.28. The van der Waals surface area contributed by atoms with Crippen molar-refractivity contribution in [2.24, 2.45) is 17.3 Å². The van der Waals surface area contributed by atoms with Gasteiger partial charge in [0.25, 0.3) is 0 Å². The average Bonchev–Trinajstić information content (AvgIpc) is 3.23. The van der Waals surface area contributed by atoms with Gasteiger partial charge in [-0.3, -0.25) is 0 Å². The number of aromatic hydroxyl groups is 1. The lowest BCUT2D eigenvalue weighted by Crippen LogP contribution is -2.45. The fourth-order valence-corrected chi connectivity index (χ4v) is 7.00. The SMILES string of the molecule is C[C@]12CC[C@@H]3c4ccc(O)cc4CC[C@H]3[C@@H]1CCC2OC1CCCC1. The van der Waals surface area contributed by atoms with Gasteiger partial charge in [-0.2, -0.15) is 0 Å². The van der Waals surface area contributed by atoms with Gasteiger partial charge in [0, 0.05) is 0 Å². The molecule has 0 saturated heterocycles. The maximum absolute atomic E-state index is 9.83. The van der Waals surface area contributed by atoms with Crippen molar-refractivity contribution in [2.75, 3.05) is 0 Å². The Labute approximate surface area is 152 Å². The van der Waals surface area contributed by atoms with E-state index in [1.807, 2.05) is 12.1 Å². The standard InChI is InChI=1S/C23H32O2/c1-23-13-12-19-18-9-7-16(24)14-15(18)6-8-20(19)21(23)10-11-22(23)25-17-4-2-3-5-17/h7,9,14,17,19-22,24H,2-6,8,10-13H2,1H3/t19-,20-,21+,22?,23+/m1/s1. The minimum atomic E-state index is 0.401. The van der Waals surface area contributed by atoms with Gasteiger partial charge >= 0.3 is 0 Å². The molecule has 0 amide bonds. The largest absolute Gasteiger partial charge is 0.508 e. The van der Waals surface area contributed by atoms with Crippen LogP contribution in [-0.4, -0.2) is 17.3 Å². The van der Waals surface area contributed by atoms with Crippen LogP contribution in [0.5, 0.6) is 5.75 Å². The van der Waals surface area contributed by atoms with Crippen LogP contribution in [-0.2, 0) is 11.2 Å². The van der Waals surface area contributed by atoms with Crippen molar-refractivity contribution >= 4 is 0 Å². The quantitative estimate of drug-likeness (QED) is 0.762. The molecule has 0 spiro atoms. The second kappa shape index (κ2) is 6.01. The Balaban J connectivity index is 1.38. The molecule has 4 aliphatic carbocycles. The molecule has 1 aromatic carbocycles. The van der Waals surface area contributed by atoms with E-state index in [1.54, 1.807) is 0 Å². The Morgan fingerprint density at radius 1 is 1.04 bits per heavy atom. The molecule has 1 N–H and O–H groups in total. The molecule has 3 saturated carbocycles. The van der Waals surface area contributed by atoms with Crippen molar-refractivity contribution in [3.8, 4) is 5.75 Å². The predicted octanol–water partition coefficient (Wildman–Crippen LogP) is 5.58. The molecule has 0 heterocycles. The van der Waals surface area contributed by atoms with Crippen LogP contribution in [0.4, 0.5) is 0 Å². The fourth-order valence-electron chi connectivity index (χ4n) is 7.00. The van der Waals surface area contributed by atoms with Crippen molar-refractivity contribution in [1.82, 2.24) is 0 Å². The van der Waals surface area contributed by atoms with Crippen molar-refractivity contribution in [2.45, 2.75) is 89.3 Å². The van der Waals surface area contributed by atoms with Crippen LogP contribution in [0, 0.1) is 17.3 Å². The molecule has 2 nitrogen and oxygen atoms in total. The molecule has 0 aromatic heterocycles. The Bertz CT molecular complexity index is 647. The lowest BCUT2D eigenvalue weighted by molar-refractivity contribution is -0.0939. The summed E-state index contributed by atoms with van der Waals surface area (Å²) in [4.78, 5) is 0. The summed E-state index contributed by atoms with van der Waals surface area (Å²) in [5.74, 6) is 2.81. The second-order valence-corrected chi connectivity index (χ2v) is 9.45.